The fourth-order valence-corrected chi connectivity index (χ4v) is 5.59. The highest BCUT2D eigenvalue weighted by atomic mass is 32.2. The molecule has 1 aromatic heterocycles. The summed E-state index contributed by atoms with van der Waals surface area (Å²) in [6.07, 6.45) is 0.897. The fourth-order valence-electron chi connectivity index (χ4n) is 2.66. The molecule has 3 rings (SSSR count). The van der Waals surface area contributed by atoms with Crippen molar-refractivity contribution in [2.24, 2.45) is 5.92 Å². The third-order valence-electron chi connectivity index (χ3n) is 3.66. The number of hydrogen-bond acceptors (Lipinski definition) is 4. The number of aliphatic hydroxyl groups excluding tert-OH is 1. The molecule has 2 heterocycles. The Balaban J connectivity index is 2.07. The topological polar surface area (TPSA) is 57.6 Å². The van der Waals surface area contributed by atoms with Gasteiger partial charge in [0.2, 0.25) is 0 Å². The molecule has 0 spiro atoms. The predicted octanol–water partition coefficient (Wildman–Crippen LogP) is 2.63. The van der Waals surface area contributed by atoms with E-state index >= 15 is 0 Å². The first-order chi connectivity index (χ1) is 10.0. The number of fused-ring (bicyclic) bond motifs is 1. The molecule has 0 amide bonds. The van der Waals surface area contributed by atoms with Crippen molar-refractivity contribution in [2.75, 3.05) is 10.8 Å². The van der Waals surface area contributed by atoms with Crippen LogP contribution in [-0.2, 0) is 23.1 Å². The van der Waals surface area contributed by atoms with Crippen molar-refractivity contribution in [3.8, 4) is 0 Å². The van der Waals surface area contributed by atoms with Gasteiger partial charge in [0.1, 0.15) is 4.21 Å². The highest BCUT2D eigenvalue weighted by molar-refractivity contribution is 7.94. The highest BCUT2D eigenvalue weighted by Gasteiger charge is 2.32. The number of anilines is 1. The van der Waals surface area contributed by atoms with Gasteiger partial charge in [0.25, 0.3) is 10.0 Å². The first-order valence-electron chi connectivity index (χ1n) is 6.81. The van der Waals surface area contributed by atoms with Crippen LogP contribution in [0.5, 0.6) is 0 Å². The number of benzene rings is 1. The average Bonchev–Trinajstić information content (AvgIpc) is 2.96. The molecule has 4 nitrogen and oxygen atoms in total. The molecule has 1 aliphatic rings. The van der Waals surface area contributed by atoms with Crippen molar-refractivity contribution in [1.29, 1.82) is 0 Å². The molecule has 0 radical (unpaired) electrons. The summed E-state index contributed by atoms with van der Waals surface area (Å²) in [5.74, 6) is 0.284. The minimum Gasteiger partial charge on any atom is -0.392 e. The van der Waals surface area contributed by atoms with Crippen LogP contribution in [0.1, 0.15) is 18.1 Å². The summed E-state index contributed by atoms with van der Waals surface area (Å²) >= 11 is 1.16. The van der Waals surface area contributed by atoms with E-state index in [2.05, 4.69) is 6.92 Å². The van der Waals surface area contributed by atoms with Crippen molar-refractivity contribution >= 4 is 27.0 Å². The molecule has 0 fully saturated rings. The number of nitrogens with zero attached hydrogens (tertiary/aromatic N) is 1. The van der Waals surface area contributed by atoms with Gasteiger partial charge in [0.05, 0.1) is 12.3 Å². The van der Waals surface area contributed by atoms with Crippen molar-refractivity contribution in [1.82, 2.24) is 0 Å². The second-order valence-electron chi connectivity index (χ2n) is 5.41. The second kappa shape index (κ2) is 5.44. The van der Waals surface area contributed by atoms with E-state index in [0.717, 1.165) is 29.0 Å². The van der Waals surface area contributed by atoms with Gasteiger partial charge in [-0.25, -0.2) is 8.42 Å². The van der Waals surface area contributed by atoms with E-state index in [1.165, 1.54) is 4.31 Å². The van der Waals surface area contributed by atoms with E-state index < -0.39 is 10.0 Å². The SMILES string of the molecule is CC1Cc2ccccc2N(S(=O)(=O)c2cc(CO)cs2)C1. The van der Waals surface area contributed by atoms with Crippen LogP contribution in [0.2, 0.25) is 0 Å². The lowest BCUT2D eigenvalue weighted by Gasteiger charge is -2.33. The van der Waals surface area contributed by atoms with Gasteiger partial charge in [0.15, 0.2) is 0 Å². The second-order valence-corrected chi connectivity index (χ2v) is 8.41. The molecule has 112 valence electrons. The number of aliphatic hydroxyl groups is 1. The molecule has 1 atom stereocenters. The van der Waals surface area contributed by atoms with E-state index in [0.29, 0.717) is 12.1 Å². The lowest BCUT2D eigenvalue weighted by Crippen LogP contribution is -2.38. The zero-order chi connectivity index (χ0) is 15.0. The molecule has 2 aromatic rings. The molecule has 1 unspecified atom stereocenters. The zero-order valence-corrected chi connectivity index (χ0v) is 13.3. The first kappa shape index (κ1) is 14.6. The van der Waals surface area contributed by atoms with Gasteiger partial charge in [-0.1, -0.05) is 25.1 Å². The van der Waals surface area contributed by atoms with Crippen molar-refractivity contribution in [2.45, 2.75) is 24.2 Å². The molecule has 1 aliphatic heterocycles. The summed E-state index contributed by atoms with van der Waals surface area (Å²) in [5, 5.41) is 10.8. The monoisotopic (exact) mass is 323 g/mol. The zero-order valence-electron chi connectivity index (χ0n) is 11.7. The Morgan fingerprint density at radius 2 is 2.14 bits per heavy atom. The summed E-state index contributed by atoms with van der Waals surface area (Å²) < 4.78 is 27.5. The minimum atomic E-state index is -3.56. The van der Waals surface area contributed by atoms with Crippen LogP contribution >= 0.6 is 11.3 Å². The molecule has 0 bridgehead atoms. The maximum Gasteiger partial charge on any atom is 0.273 e. The maximum atomic E-state index is 12.9. The van der Waals surface area contributed by atoms with Gasteiger partial charge < -0.3 is 5.11 Å². The molecule has 21 heavy (non-hydrogen) atoms. The summed E-state index contributed by atoms with van der Waals surface area (Å²) in [4.78, 5) is 0. The number of para-hydroxylation sites is 1. The Labute approximate surface area is 128 Å². The van der Waals surface area contributed by atoms with Crippen LogP contribution < -0.4 is 4.31 Å². The standard InChI is InChI=1S/C15H17NO3S2/c1-11-6-13-4-2-3-5-14(13)16(8-11)21(18,19)15-7-12(9-17)10-20-15/h2-5,7,10-11,17H,6,8-9H2,1H3. The molecular formula is C15H17NO3S2. The molecule has 0 aliphatic carbocycles. The number of thiophene rings is 1. The van der Waals surface area contributed by atoms with Gasteiger partial charge in [-0.15, -0.1) is 11.3 Å². The average molecular weight is 323 g/mol. The van der Waals surface area contributed by atoms with Crippen molar-refractivity contribution in [3.63, 3.8) is 0 Å². The molecule has 0 saturated heterocycles. The summed E-state index contributed by atoms with van der Waals surface area (Å²) in [5.41, 5.74) is 2.48. The molecule has 1 aromatic carbocycles. The van der Waals surface area contributed by atoms with Crippen LogP contribution in [0.4, 0.5) is 5.69 Å². The van der Waals surface area contributed by atoms with Crippen LogP contribution in [0.3, 0.4) is 0 Å². The summed E-state index contributed by atoms with van der Waals surface area (Å²) in [6.45, 7) is 2.41. The smallest absolute Gasteiger partial charge is 0.273 e. The summed E-state index contributed by atoms with van der Waals surface area (Å²) in [6, 6.07) is 9.21. The van der Waals surface area contributed by atoms with Gasteiger partial charge in [-0.05, 0) is 41.0 Å². The van der Waals surface area contributed by atoms with E-state index in [1.807, 2.05) is 24.3 Å². The van der Waals surface area contributed by atoms with Gasteiger partial charge in [-0.2, -0.15) is 0 Å². The van der Waals surface area contributed by atoms with Gasteiger partial charge in [-0.3, -0.25) is 4.31 Å². The Kier molecular flexibility index (Phi) is 3.77. The Morgan fingerprint density at radius 3 is 2.86 bits per heavy atom. The molecule has 6 heteroatoms. The highest BCUT2D eigenvalue weighted by Crippen LogP contribution is 2.35. The van der Waals surface area contributed by atoms with Crippen molar-refractivity contribution < 1.29 is 13.5 Å². The Hall–Kier alpha value is -1.37. The molecule has 0 saturated carbocycles. The minimum absolute atomic E-state index is 0.140. The quantitative estimate of drug-likeness (QED) is 0.944. The summed E-state index contributed by atoms with van der Waals surface area (Å²) in [7, 11) is -3.56. The fraction of sp³-hybridized carbons (Fsp3) is 0.333. The van der Waals surface area contributed by atoms with Gasteiger partial charge >= 0.3 is 0 Å². The van der Waals surface area contributed by atoms with Gasteiger partial charge in [0, 0.05) is 6.54 Å². The lowest BCUT2D eigenvalue weighted by atomic mass is 9.96. The molecular weight excluding hydrogens is 306 g/mol. The van der Waals surface area contributed by atoms with E-state index in [4.69, 9.17) is 5.11 Å². The number of hydrogen-bond donors (Lipinski definition) is 1. The number of rotatable bonds is 3. The Bertz CT molecular complexity index is 752. The first-order valence-corrected chi connectivity index (χ1v) is 9.13. The Morgan fingerprint density at radius 1 is 1.38 bits per heavy atom. The predicted molar refractivity (Wildman–Crippen MR) is 84.1 cm³/mol. The van der Waals surface area contributed by atoms with Crippen LogP contribution in [0, 0.1) is 5.92 Å². The number of sulfonamides is 1. The van der Waals surface area contributed by atoms with Crippen LogP contribution in [0.15, 0.2) is 39.9 Å². The van der Waals surface area contributed by atoms with Crippen LogP contribution in [-0.4, -0.2) is 20.1 Å². The van der Waals surface area contributed by atoms with E-state index in [-0.39, 0.29) is 16.7 Å². The third-order valence-corrected chi connectivity index (χ3v) is 6.91. The normalized spacial score (nSPS) is 18.6. The largest absolute Gasteiger partial charge is 0.392 e. The van der Waals surface area contributed by atoms with E-state index in [1.54, 1.807) is 11.4 Å². The van der Waals surface area contributed by atoms with Crippen molar-refractivity contribution in [3.05, 3.63) is 46.8 Å². The van der Waals surface area contributed by atoms with Crippen LogP contribution in [0.25, 0.3) is 0 Å². The molecule has 1 N–H and O–H groups in total. The third kappa shape index (κ3) is 2.59. The van der Waals surface area contributed by atoms with E-state index in [9.17, 15) is 8.42 Å². The lowest BCUT2D eigenvalue weighted by molar-refractivity contribution is 0.282. The maximum absolute atomic E-state index is 12.9.